The summed E-state index contributed by atoms with van der Waals surface area (Å²) in [5, 5.41) is 16.6. The van der Waals surface area contributed by atoms with Crippen molar-refractivity contribution in [2.45, 2.75) is 25.9 Å². The number of aliphatic hydroxyl groups is 1. The van der Waals surface area contributed by atoms with Gasteiger partial charge in [-0.05, 0) is 35.6 Å². The number of hydrogen-bond donors (Lipinski definition) is 3. The summed E-state index contributed by atoms with van der Waals surface area (Å²) < 4.78 is 0. The van der Waals surface area contributed by atoms with Crippen LogP contribution in [-0.4, -0.2) is 29.6 Å². The van der Waals surface area contributed by atoms with E-state index in [1.807, 2.05) is 30.5 Å². The Bertz CT molecular complexity index is 634. The van der Waals surface area contributed by atoms with Crippen molar-refractivity contribution < 1.29 is 14.7 Å². The average Bonchev–Trinajstić information content (AvgIpc) is 3.12. The fourth-order valence-corrected chi connectivity index (χ4v) is 2.64. The number of rotatable bonds is 7. The van der Waals surface area contributed by atoms with Gasteiger partial charge in [0.05, 0.1) is 17.5 Å². The maximum atomic E-state index is 12.0. The second-order valence-corrected chi connectivity index (χ2v) is 6.07. The maximum Gasteiger partial charge on any atom is 0.261 e. The van der Waals surface area contributed by atoms with Crippen LogP contribution in [0.25, 0.3) is 0 Å². The molecule has 6 heteroatoms. The van der Waals surface area contributed by atoms with Gasteiger partial charge in [0.15, 0.2) is 0 Å². The van der Waals surface area contributed by atoms with Crippen molar-refractivity contribution in [3.63, 3.8) is 0 Å². The Morgan fingerprint density at radius 1 is 1.17 bits per heavy atom. The Labute approximate surface area is 139 Å². The van der Waals surface area contributed by atoms with Crippen LogP contribution in [0.5, 0.6) is 0 Å². The molecular weight excluding hydrogens is 312 g/mol. The van der Waals surface area contributed by atoms with Gasteiger partial charge in [-0.3, -0.25) is 9.59 Å². The van der Waals surface area contributed by atoms with E-state index < -0.39 is 0 Å². The van der Waals surface area contributed by atoms with Crippen LogP contribution >= 0.6 is 11.3 Å². The highest BCUT2D eigenvalue weighted by atomic mass is 32.1. The second kappa shape index (κ2) is 8.45. The number of nitrogens with one attached hydrogen (secondary N) is 2. The topological polar surface area (TPSA) is 78.4 Å². The van der Waals surface area contributed by atoms with E-state index in [1.165, 1.54) is 11.3 Å². The minimum Gasteiger partial charge on any atom is -0.394 e. The van der Waals surface area contributed by atoms with Gasteiger partial charge in [-0.25, -0.2) is 0 Å². The van der Waals surface area contributed by atoms with Crippen LogP contribution in [0.1, 0.15) is 38.9 Å². The van der Waals surface area contributed by atoms with Crippen molar-refractivity contribution in [1.29, 1.82) is 0 Å². The summed E-state index contributed by atoms with van der Waals surface area (Å²) in [6.07, 6.45) is 0.676. The largest absolute Gasteiger partial charge is 0.394 e. The third kappa shape index (κ3) is 4.91. The molecule has 1 aromatic heterocycles. The molecular formula is C17H20N2O3S. The van der Waals surface area contributed by atoms with Crippen LogP contribution in [0.15, 0.2) is 41.8 Å². The molecule has 1 aromatic carbocycles. The predicted octanol–water partition coefficient (Wildman–Crippen LogP) is 2.18. The molecule has 122 valence electrons. The highest BCUT2D eigenvalue weighted by Crippen LogP contribution is 2.09. The molecule has 1 atom stereocenters. The van der Waals surface area contributed by atoms with Gasteiger partial charge in [0, 0.05) is 12.1 Å². The highest BCUT2D eigenvalue weighted by molar-refractivity contribution is 7.12. The van der Waals surface area contributed by atoms with E-state index in [4.69, 9.17) is 5.11 Å². The number of benzene rings is 1. The molecule has 0 radical (unpaired) electrons. The molecule has 0 fully saturated rings. The molecule has 0 unspecified atom stereocenters. The Morgan fingerprint density at radius 2 is 1.91 bits per heavy atom. The summed E-state index contributed by atoms with van der Waals surface area (Å²) in [4.78, 5) is 24.5. The molecule has 2 aromatic rings. The summed E-state index contributed by atoms with van der Waals surface area (Å²) in [7, 11) is 0. The summed E-state index contributed by atoms with van der Waals surface area (Å²) in [6.45, 7) is 2.24. The summed E-state index contributed by atoms with van der Waals surface area (Å²) in [5.41, 5.74) is 1.45. The van der Waals surface area contributed by atoms with E-state index in [1.54, 1.807) is 18.2 Å². The molecule has 2 amide bonds. The first-order valence-electron chi connectivity index (χ1n) is 7.46. The zero-order valence-electron chi connectivity index (χ0n) is 12.9. The van der Waals surface area contributed by atoms with E-state index in [0.717, 1.165) is 5.56 Å². The molecule has 0 aliphatic rings. The van der Waals surface area contributed by atoms with E-state index in [-0.39, 0.29) is 24.5 Å². The molecule has 0 bridgehead atoms. The second-order valence-electron chi connectivity index (χ2n) is 5.12. The smallest absolute Gasteiger partial charge is 0.261 e. The fourth-order valence-electron chi connectivity index (χ4n) is 2.00. The molecule has 0 aliphatic heterocycles. The number of amides is 2. The minimum absolute atomic E-state index is 0.0743. The van der Waals surface area contributed by atoms with Gasteiger partial charge in [0.2, 0.25) is 0 Å². The Hall–Kier alpha value is -2.18. The van der Waals surface area contributed by atoms with E-state index >= 15 is 0 Å². The Kier molecular flexibility index (Phi) is 6.31. The van der Waals surface area contributed by atoms with Crippen LogP contribution in [0, 0.1) is 0 Å². The van der Waals surface area contributed by atoms with Crippen LogP contribution in [0.2, 0.25) is 0 Å². The Morgan fingerprint density at radius 3 is 2.48 bits per heavy atom. The van der Waals surface area contributed by atoms with Gasteiger partial charge in [0.1, 0.15) is 0 Å². The normalized spacial score (nSPS) is 11.7. The molecule has 3 N–H and O–H groups in total. The predicted molar refractivity (Wildman–Crippen MR) is 90.6 cm³/mol. The van der Waals surface area contributed by atoms with Crippen molar-refractivity contribution in [3.05, 3.63) is 57.8 Å². The third-order valence-corrected chi connectivity index (χ3v) is 4.33. The number of hydrogen-bond acceptors (Lipinski definition) is 4. The summed E-state index contributed by atoms with van der Waals surface area (Å²) in [5.74, 6) is -0.310. The van der Waals surface area contributed by atoms with E-state index in [0.29, 0.717) is 23.4 Å². The first-order chi connectivity index (χ1) is 11.1. The molecule has 0 spiro atoms. The molecule has 2 rings (SSSR count). The monoisotopic (exact) mass is 332 g/mol. The first kappa shape index (κ1) is 17.2. The van der Waals surface area contributed by atoms with Crippen molar-refractivity contribution in [2.75, 3.05) is 6.61 Å². The van der Waals surface area contributed by atoms with E-state index in [9.17, 15) is 9.59 Å². The van der Waals surface area contributed by atoms with Gasteiger partial charge >= 0.3 is 0 Å². The lowest BCUT2D eigenvalue weighted by molar-refractivity contribution is 0.0913. The Balaban J connectivity index is 1.89. The van der Waals surface area contributed by atoms with Crippen LogP contribution in [0.3, 0.4) is 0 Å². The molecule has 0 aliphatic carbocycles. The van der Waals surface area contributed by atoms with Gasteiger partial charge in [-0.1, -0.05) is 25.1 Å². The van der Waals surface area contributed by atoms with Crippen molar-refractivity contribution in [1.82, 2.24) is 10.6 Å². The molecule has 0 saturated carbocycles. The number of aliphatic hydroxyl groups excluding tert-OH is 1. The fraction of sp³-hybridized carbons (Fsp3) is 0.294. The quantitative estimate of drug-likeness (QED) is 0.727. The molecule has 23 heavy (non-hydrogen) atoms. The highest BCUT2D eigenvalue weighted by Gasteiger charge is 2.11. The zero-order valence-corrected chi connectivity index (χ0v) is 13.7. The zero-order chi connectivity index (χ0) is 16.7. The lowest BCUT2D eigenvalue weighted by Gasteiger charge is -2.14. The number of carbonyl (C=O) groups excluding carboxylic acids is 2. The van der Waals surface area contributed by atoms with Crippen molar-refractivity contribution >= 4 is 23.2 Å². The summed E-state index contributed by atoms with van der Waals surface area (Å²) >= 11 is 1.40. The lowest BCUT2D eigenvalue weighted by Crippen LogP contribution is -2.36. The minimum atomic E-state index is -0.229. The molecule has 0 saturated heterocycles. The standard InChI is InChI=1S/C17H20N2O3S/c1-2-14(11-20)19-16(21)13-7-5-12(6-8-13)10-18-17(22)15-4-3-9-23-15/h3-9,14,20H,2,10-11H2,1H3,(H,18,22)(H,19,21)/t14-/m1/s1. The van der Waals surface area contributed by atoms with Crippen LogP contribution in [0.4, 0.5) is 0 Å². The van der Waals surface area contributed by atoms with Crippen molar-refractivity contribution in [2.24, 2.45) is 0 Å². The average molecular weight is 332 g/mol. The van der Waals surface area contributed by atoms with E-state index in [2.05, 4.69) is 10.6 Å². The van der Waals surface area contributed by atoms with Crippen LogP contribution < -0.4 is 10.6 Å². The summed E-state index contributed by atoms with van der Waals surface area (Å²) in [6, 6.07) is 10.4. The van der Waals surface area contributed by atoms with Crippen molar-refractivity contribution in [3.8, 4) is 0 Å². The van der Waals surface area contributed by atoms with Gasteiger partial charge in [0.25, 0.3) is 11.8 Å². The van der Waals surface area contributed by atoms with Gasteiger partial charge < -0.3 is 15.7 Å². The number of thiophene rings is 1. The first-order valence-corrected chi connectivity index (χ1v) is 8.34. The molecule has 5 nitrogen and oxygen atoms in total. The van der Waals surface area contributed by atoms with Crippen LogP contribution in [-0.2, 0) is 6.54 Å². The number of carbonyl (C=O) groups is 2. The van der Waals surface area contributed by atoms with Gasteiger partial charge in [-0.15, -0.1) is 11.3 Å². The maximum absolute atomic E-state index is 12.0. The molecule has 1 heterocycles. The lowest BCUT2D eigenvalue weighted by atomic mass is 10.1. The third-order valence-electron chi connectivity index (χ3n) is 3.46. The van der Waals surface area contributed by atoms with Gasteiger partial charge in [-0.2, -0.15) is 0 Å². The SMILES string of the molecule is CC[C@H](CO)NC(=O)c1ccc(CNC(=O)c2cccs2)cc1.